The lowest BCUT2D eigenvalue weighted by Gasteiger charge is -2.36. The summed E-state index contributed by atoms with van der Waals surface area (Å²) < 4.78 is 1.14. The van der Waals surface area contributed by atoms with Crippen LogP contribution in [0, 0.1) is 0 Å². The van der Waals surface area contributed by atoms with Crippen LogP contribution >= 0.6 is 15.9 Å². The van der Waals surface area contributed by atoms with Crippen molar-refractivity contribution in [2.24, 2.45) is 0 Å². The summed E-state index contributed by atoms with van der Waals surface area (Å²) in [5, 5.41) is 6.97. The van der Waals surface area contributed by atoms with Crippen LogP contribution in [-0.4, -0.2) is 19.6 Å². The first-order chi connectivity index (χ1) is 6.71. The van der Waals surface area contributed by atoms with E-state index in [9.17, 15) is 0 Å². The van der Waals surface area contributed by atoms with E-state index >= 15 is 0 Å². The zero-order chi connectivity index (χ0) is 10.0. The van der Waals surface area contributed by atoms with Crippen molar-refractivity contribution in [3.63, 3.8) is 0 Å². The van der Waals surface area contributed by atoms with E-state index in [2.05, 4.69) is 57.8 Å². The summed E-state index contributed by atoms with van der Waals surface area (Å²) in [4.78, 5) is 0. The molecule has 0 spiro atoms. The quantitative estimate of drug-likeness (QED) is 0.800. The molecule has 0 saturated carbocycles. The van der Waals surface area contributed by atoms with E-state index in [0.29, 0.717) is 0 Å². The number of benzene rings is 1. The number of hydrogen-bond donors (Lipinski definition) is 2. The molecule has 0 aliphatic carbocycles. The molecular weight excluding hydrogens is 240 g/mol. The topological polar surface area (TPSA) is 24.1 Å². The Balaban J connectivity index is 2.28. The predicted molar refractivity (Wildman–Crippen MR) is 62.4 cm³/mol. The first-order valence-electron chi connectivity index (χ1n) is 4.92. The maximum absolute atomic E-state index is 3.56. The van der Waals surface area contributed by atoms with Gasteiger partial charge < -0.3 is 10.6 Å². The van der Waals surface area contributed by atoms with Gasteiger partial charge in [0.05, 0.1) is 5.54 Å². The number of halogens is 1. The molecule has 1 heterocycles. The van der Waals surface area contributed by atoms with E-state index in [0.717, 1.165) is 24.1 Å². The van der Waals surface area contributed by atoms with Crippen LogP contribution in [0.5, 0.6) is 0 Å². The molecule has 14 heavy (non-hydrogen) atoms. The van der Waals surface area contributed by atoms with Gasteiger partial charge in [0.15, 0.2) is 0 Å². The molecular formula is C11H15BrN2. The van der Waals surface area contributed by atoms with Gasteiger partial charge in [-0.05, 0) is 24.6 Å². The first kappa shape index (κ1) is 10.1. The zero-order valence-electron chi connectivity index (χ0n) is 8.31. The van der Waals surface area contributed by atoms with Crippen molar-refractivity contribution in [1.29, 1.82) is 0 Å². The van der Waals surface area contributed by atoms with Gasteiger partial charge in [-0.3, -0.25) is 0 Å². The fraction of sp³-hybridized carbons (Fsp3) is 0.455. The van der Waals surface area contributed by atoms with Gasteiger partial charge in [-0.2, -0.15) is 0 Å². The molecule has 0 amide bonds. The maximum Gasteiger partial charge on any atom is 0.0533 e. The molecule has 0 aromatic heterocycles. The normalized spacial score (nSPS) is 27.6. The Bertz CT molecular complexity index is 319. The Morgan fingerprint density at radius 2 is 2.21 bits per heavy atom. The van der Waals surface area contributed by atoms with Gasteiger partial charge >= 0.3 is 0 Å². The third-order valence-corrected chi connectivity index (χ3v) is 3.25. The molecule has 1 aliphatic heterocycles. The molecule has 1 aromatic rings. The van der Waals surface area contributed by atoms with Gasteiger partial charge in [-0.25, -0.2) is 0 Å². The van der Waals surface area contributed by atoms with E-state index < -0.39 is 0 Å². The van der Waals surface area contributed by atoms with Crippen molar-refractivity contribution in [3.05, 3.63) is 34.3 Å². The van der Waals surface area contributed by atoms with Crippen LogP contribution in [0.3, 0.4) is 0 Å². The van der Waals surface area contributed by atoms with Crippen molar-refractivity contribution >= 4 is 15.9 Å². The van der Waals surface area contributed by atoms with Crippen molar-refractivity contribution < 1.29 is 0 Å². The second-order valence-electron chi connectivity index (χ2n) is 3.95. The largest absolute Gasteiger partial charge is 0.313 e. The minimum Gasteiger partial charge on any atom is -0.313 e. The molecule has 1 aliphatic rings. The van der Waals surface area contributed by atoms with Crippen molar-refractivity contribution in [3.8, 4) is 0 Å². The second-order valence-corrected chi connectivity index (χ2v) is 4.86. The monoisotopic (exact) mass is 254 g/mol. The maximum atomic E-state index is 3.56. The smallest absolute Gasteiger partial charge is 0.0533 e. The molecule has 0 bridgehead atoms. The van der Waals surface area contributed by atoms with E-state index in [1.165, 1.54) is 5.56 Å². The summed E-state index contributed by atoms with van der Waals surface area (Å²) >= 11 is 3.50. The fourth-order valence-corrected chi connectivity index (χ4v) is 2.26. The molecule has 1 aromatic carbocycles. The minimum absolute atomic E-state index is 0.0715. The summed E-state index contributed by atoms with van der Waals surface area (Å²) in [7, 11) is 0. The van der Waals surface area contributed by atoms with E-state index in [1.807, 2.05) is 0 Å². The Morgan fingerprint density at radius 1 is 1.36 bits per heavy atom. The average molecular weight is 255 g/mol. The van der Waals surface area contributed by atoms with E-state index in [-0.39, 0.29) is 5.54 Å². The van der Waals surface area contributed by atoms with Gasteiger partial charge in [-0.1, -0.05) is 28.1 Å². The second kappa shape index (κ2) is 4.01. The molecule has 1 fully saturated rings. The summed E-state index contributed by atoms with van der Waals surface area (Å²) in [5.74, 6) is 0. The minimum atomic E-state index is 0.0715. The standard InChI is InChI=1S/C11H15BrN2/c1-11(8-13-5-6-14-11)9-3-2-4-10(12)7-9/h2-4,7,13-14H,5-6,8H2,1H3. The van der Waals surface area contributed by atoms with Crippen LogP contribution in [-0.2, 0) is 5.54 Å². The third kappa shape index (κ3) is 2.00. The van der Waals surface area contributed by atoms with Crippen LogP contribution in [0.4, 0.5) is 0 Å². The first-order valence-corrected chi connectivity index (χ1v) is 5.72. The van der Waals surface area contributed by atoms with Crippen LogP contribution in [0.1, 0.15) is 12.5 Å². The highest BCUT2D eigenvalue weighted by Gasteiger charge is 2.27. The Hall–Kier alpha value is -0.380. The lowest BCUT2D eigenvalue weighted by atomic mass is 9.90. The third-order valence-electron chi connectivity index (χ3n) is 2.76. The van der Waals surface area contributed by atoms with Crippen molar-refractivity contribution in [2.45, 2.75) is 12.5 Å². The lowest BCUT2D eigenvalue weighted by Crippen LogP contribution is -2.54. The van der Waals surface area contributed by atoms with Crippen molar-refractivity contribution in [1.82, 2.24) is 10.6 Å². The number of rotatable bonds is 1. The van der Waals surface area contributed by atoms with E-state index in [1.54, 1.807) is 0 Å². The highest BCUT2D eigenvalue weighted by Crippen LogP contribution is 2.24. The molecule has 1 unspecified atom stereocenters. The molecule has 1 saturated heterocycles. The number of piperazine rings is 1. The van der Waals surface area contributed by atoms with Crippen LogP contribution in [0.25, 0.3) is 0 Å². The average Bonchev–Trinajstić information content (AvgIpc) is 2.19. The van der Waals surface area contributed by atoms with Gasteiger partial charge in [-0.15, -0.1) is 0 Å². The van der Waals surface area contributed by atoms with Gasteiger partial charge in [0.25, 0.3) is 0 Å². The molecule has 2 nitrogen and oxygen atoms in total. The Morgan fingerprint density at radius 3 is 2.86 bits per heavy atom. The molecule has 1 atom stereocenters. The SMILES string of the molecule is CC1(c2cccc(Br)c2)CNCCN1. The molecule has 2 rings (SSSR count). The molecule has 0 radical (unpaired) electrons. The zero-order valence-corrected chi connectivity index (χ0v) is 9.89. The number of nitrogens with one attached hydrogen (secondary N) is 2. The Labute approximate surface area is 93.2 Å². The predicted octanol–water partition coefficient (Wildman–Crippen LogP) is 1.86. The van der Waals surface area contributed by atoms with Gasteiger partial charge in [0.1, 0.15) is 0 Å². The molecule has 76 valence electrons. The highest BCUT2D eigenvalue weighted by molar-refractivity contribution is 9.10. The van der Waals surface area contributed by atoms with Gasteiger partial charge in [0, 0.05) is 24.1 Å². The Kier molecular flexibility index (Phi) is 2.91. The molecule has 3 heteroatoms. The highest BCUT2D eigenvalue weighted by atomic mass is 79.9. The van der Waals surface area contributed by atoms with Crippen molar-refractivity contribution in [2.75, 3.05) is 19.6 Å². The lowest BCUT2D eigenvalue weighted by molar-refractivity contribution is 0.303. The van der Waals surface area contributed by atoms with Crippen LogP contribution in [0.2, 0.25) is 0 Å². The summed E-state index contributed by atoms with van der Waals surface area (Å²) in [6, 6.07) is 8.49. The summed E-state index contributed by atoms with van der Waals surface area (Å²) in [6.45, 7) is 5.32. The molecule has 2 N–H and O–H groups in total. The number of hydrogen-bond acceptors (Lipinski definition) is 2. The van der Waals surface area contributed by atoms with Gasteiger partial charge in [0.2, 0.25) is 0 Å². The fourth-order valence-electron chi connectivity index (χ4n) is 1.86. The van der Waals surface area contributed by atoms with E-state index in [4.69, 9.17) is 0 Å². The van der Waals surface area contributed by atoms with Crippen LogP contribution in [0.15, 0.2) is 28.7 Å². The summed E-state index contributed by atoms with van der Waals surface area (Å²) in [5.41, 5.74) is 1.40. The van der Waals surface area contributed by atoms with Crippen LogP contribution < -0.4 is 10.6 Å². The summed E-state index contributed by atoms with van der Waals surface area (Å²) in [6.07, 6.45) is 0.